The number of nitrogens with zero attached hydrogens (tertiary/aromatic N) is 3. The molecule has 4 nitrogen and oxygen atoms in total. The van der Waals surface area contributed by atoms with Gasteiger partial charge in [-0.15, -0.1) is 0 Å². The van der Waals surface area contributed by atoms with E-state index in [0.717, 1.165) is 30.0 Å². The normalized spacial score (nSPS) is 15.8. The van der Waals surface area contributed by atoms with Crippen molar-refractivity contribution in [3.63, 3.8) is 0 Å². The van der Waals surface area contributed by atoms with Crippen LogP contribution in [0.3, 0.4) is 0 Å². The Morgan fingerprint density at radius 2 is 1.61 bits per heavy atom. The van der Waals surface area contributed by atoms with Crippen LogP contribution in [0, 0.1) is 5.82 Å². The summed E-state index contributed by atoms with van der Waals surface area (Å²) in [6.45, 7) is 2.08. The summed E-state index contributed by atoms with van der Waals surface area (Å²) in [7, 11) is 0. The van der Waals surface area contributed by atoms with Gasteiger partial charge in [0.05, 0.1) is 0 Å². The highest BCUT2D eigenvalue weighted by Gasteiger charge is 2.14. The molecule has 0 unspecified atom stereocenters. The van der Waals surface area contributed by atoms with Crippen LogP contribution < -0.4 is 4.90 Å². The molecule has 1 aromatic carbocycles. The van der Waals surface area contributed by atoms with Gasteiger partial charge in [0.25, 0.3) is 0 Å². The van der Waals surface area contributed by atoms with E-state index in [1.54, 1.807) is 12.1 Å². The van der Waals surface area contributed by atoms with Gasteiger partial charge in [-0.3, -0.25) is 0 Å². The molecule has 1 aliphatic rings. The van der Waals surface area contributed by atoms with E-state index in [9.17, 15) is 4.39 Å². The number of hydrogen-bond donors (Lipinski definition) is 0. The molecular formula is C18H18FN3O. The monoisotopic (exact) mass is 311 g/mol. The molecule has 2 aromatic heterocycles. The smallest absolute Gasteiger partial charge is 0.249 e. The average Bonchev–Trinajstić information content (AvgIpc) is 2.80. The highest BCUT2D eigenvalue weighted by Crippen LogP contribution is 2.26. The first kappa shape index (κ1) is 14.2. The zero-order chi connectivity index (χ0) is 15.6. The van der Waals surface area contributed by atoms with Gasteiger partial charge >= 0.3 is 0 Å². The van der Waals surface area contributed by atoms with Crippen molar-refractivity contribution in [2.24, 2.45) is 0 Å². The summed E-state index contributed by atoms with van der Waals surface area (Å²) in [4.78, 5) is 11.4. The van der Waals surface area contributed by atoms with E-state index in [0.29, 0.717) is 11.6 Å². The average molecular weight is 311 g/mol. The second-order valence-corrected chi connectivity index (χ2v) is 5.92. The first-order valence-electron chi connectivity index (χ1n) is 8.08. The van der Waals surface area contributed by atoms with Crippen molar-refractivity contribution >= 4 is 17.0 Å². The minimum atomic E-state index is -0.272. The third kappa shape index (κ3) is 2.91. The van der Waals surface area contributed by atoms with Crippen molar-refractivity contribution in [3.05, 3.63) is 42.2 Å². The van der Waals surface area contributed by atoms with Gasteiger partial charge in [0, 0.05) is 18.7 Å². The first-order chi connectivity index (χ1) is 11.3. The van der Waals surface area contributed by atoms with E-state index in [2.05, 4.69) is 14.9 Å². The largest absolute Gasteiger partial charge is 0.418 e. The van der Waals surface area contributed by atoms with Crippen molar-refractivity contribution < 1.29 is 8.81 Å². The maximum absolute atomic E-state index is 13.0. The molecule has 3 heterocycles. The van der Waals surface area contributed by atoms with Crippen LogP contribution in [0.25, 0.3) is 22.7 Å². The highest BCUT2D eigenvalue weighted by atomic mass is 19.1. The van der Waals surface area contributed by atoms with Gasteiger partial charge < -0.3 is 9.32 Å². The lowest BCUT2D eigenvalue weighted by Gasteiger charge is -2.20. The van der Waals surface area contributed by atoms with Gasteiger partial charge in [0.2, 0.25) is 11.6 Å². The second kappa shape index (κ2) is 5.99. The molecule has 0 aliphatic carbocycles. The SMILES string of the molecule is Fc1ccc(-c2nc3ccc(N4CCCCCC4)nc3o2)cc1. The Kier molecular flexibility index (Phi) is 3.69. The fourth-order valence-electron chi connectivity index (χ4n) is 3.00. The number of hydrogen-bond acceptors (Lipinski definition) is 4. The van der Waals surface area contributed by atoms with Crippen molar-refractivity contribution in [2.75, 3.05) is 18.0 Å². The molecule has 0 spiro atoms. The number of fused-ring (bicyclic) bond motifs is 1. The minimum absolute atomic E-state index is 0.272. The molecule has 0 bridgehead atoms. The lowest BCUT2D eigenvalue weighted by atomic mass is 10.2. The Hall–Kier alpha value is -2.43. The zero-order valence-corrected chi connectivity index (χ0v) is 12.8. The summed E-state index contributed by atoms with van der Waals surface area (Å²) in [6.07, 6.45) is 4.99. The van der Waals surface area contributed by atoms with Crippen LogP contribution in [0.2, 0.25) is 0 Å². The molecule has 23 heavy (non-hydrogen) atoms. The van der Waals surface area contributed by atoms with Crippen LogP contribution >= 0.6 is 0 Å². The molecule has 118 valence electrons. The topological polar surface area (TPSA) is 42.2 Å². The molecular weight excluding hydrogens is 293 g/mol. The molecule has 0 radical (unpaired) electrons. The third-order valence-electron chi connectivity index (χ3n) is 4.26. The summed E-state index contributed by atoms with van der Waals surface area (Å²) in [5.74, 6) is 1.15. The predicted molar refractivity (Wildman–Crippen MR) is 87.9 cm³/mol. The van der Waals surface area contributed by atoms with E-state index in [4.69, 9.17) is 4.42 Å². The number of benzene rings is 1. The quantitative estimate of drug-likeness (QED) is 0.703. The molecule has 0 amide bonds. The maximum atomic E-state index is 13.0. The van der Waals surface area contributed by atoms with Gasteiger partial charge in [-0.25, -0.2) is 9.37 Å². The van der Waals surface area contributed by atoms with Crippen LogP contribution in [-0.4, -0.2) is 23.1 Å². The number of pyridine rings is 1. The molecule has 4 rings (SSSR count). The lowest BCUT2D eigenvalue weighted by Crippen LogP contribution is -2.24. The first-order valence-corrected chi connectivity index (χ1v) is 8.08. The Labute approximate surface area is 134 Å². The van der Waals surface area contributed by atoms with E-state index >= 15 is 0 Å². The molecule has 0 saturated carbocycles. The van der Waals surface area contributed by atoms with Crippen molar-refractivity contribution in [1.82, 2.24) is 9.97 Å². The fraction of sp³-hybridized carbons (Fsp3) is 0.333. The zero-order valence-electron chi connectivity index (χ0n) is 12.8. The number of rotatable bonds is 2. The summed E-state index contributed by atoms with van der Waals surface area (Å²) in [5, 5.41) is 0. The molecule has 3 aromatic rings. The van der Waals surface area contributed by atoms with E-state index < -0.39 is 0 Å². The number of aromatic nitrogens is 2. The van der Waals surface area contributed by atoms with Crippen LogP contribution in [0.4, 0.5) is 10.2 Å². The highest BCUT2D eigenvalue weighted by molar-refractivity contribution is 5.74. The van der Waals surface area contributed by atoms with Gasteiger partial charge in [-0.05, 0) is 49.2 Å². The number of halogens is 1. The van der Waals surface area contributed by atoms with Crippen molar-refractivity contribution in [2.45, 2.75) is 25.7 Å². The van der Waals surface area contributed by atoms with Crippen molar-refractivity contribution in [3.8, 4) is 11.5 Å². The molecule has 1 fully saturated rings. The van der Waals surface area contributed by atoms with Crippen LogP contribution in [0.15, 0.2) is 40.8 Å². The molecule has 1 saturated heterocycles. The standard InChI is InChI=1S/C18H18FN3O/c19-14-7-5-13(6-8-14)17-20-15-9-10-16(21-18(15)23-17)22-11-3-1-2-4-12-22/h5-10H,1-4,11-12H2. The summed E-state index contributed by atoms with van der Waals surface area (Å²) < 4.78 is 18.8. The van der Waals surface area contributed by atoms with Crippen LogP contribution in [0.1, 0.15) is 25.7 Å². The van der Waals surface area contributed by atoms with Crippen molar-refractivity contribution in [1.29, 1.82) is 0 Å². The Balaban J connectivity index is 1.67. The summed E-state index contributed by atoms with van der Waals surface area (Å²) in [5.41, 5.74) is 2.01. The van der Waals surface area contributed by atoms with E-state index in [-0.39, 0.29) is 5.82 Å². The van der Waals surface area contributed by atoms with Gasteiger partial charge in [0.15, 0.2) is 0 Å². The van der Waals surface area contributed by atoms with E-state index in [1.165, 1.54) is 37.8 Å². The van der Waals surface area contributed by atoms with E-state index in [1.807, 2.05) is 12.1 Å². The Bertz CT molecular complexity index is 805. The fourth-order valence-corrected chi connectivity index (χ4v) is 3.00. The predicted octanol–water partition coefficient (Wildman–Crippen LogP) is 4.41. The maximum Gasteiger partial charge on any atom is 0.249 e. The van der Waals surface area contributed by atoms with Crippen LogP contribution in [-0.2, 0) is 0 Å². The molecule has 5 heteroatoms. The molecule has 0 atom stereocenters. The third-order valence-corrected chi connectivity index (χ3v) is 4.26. The Morgan fingerprint density at radius 3 is 2.35 bits per heavy atom. The minimum Gasteiger partial charge on any atom is -0.418 e. The van der Waals surface area contributed by atoms with Gasteiger partial charge in [-0.1, -0.05) is 12.8 Å². The Morgan fingerprint density at radius 1 is 0.870 bits per heavy atom. The number of anilines is 1. The number of oxazole rings is 1. The van der Waals surface area contributed by atoms with Crippen LogP contribution in [0.5, 0.6) is 0 Å². The van der Waals surface area contributed by atoms with Gasteiger partial charge in [0.1, 0.15) is 17.2 Å². The summed E-state index contributed by atoms with van der Waals surface area (Å²) in [6, 6.07) is 10.1. The summed E-state index contributed by atoms with van der Waals surface area (Å²) >= 11 is 0. The lowest BCUT2D eigenvalue weighted by molar-refractivity contribution is 0.605. The molecule has 0 N–H and O–H groups in total. The molecule has 1 aliphatic heterocycles. The second-order valence-electron chi connectivity index (χ2n) is 5.92. The van der Waals surface area contributed by atoms with Gasteiger partial charge in [-0.2, -0.15) is 4.98 Å².